The molecule has 10 heteroatoms. The number of ether oxygens (including phenoxy) is 3. The van der Waals surface area contributed by atoms with Gasteiger partial charge in [-0.05, 0) is 6.42 Å². The van der Waals surface area contributed by atoms with Crippen LogP contribution in [0.5, 0.6) is 0 Å². The molecule has 1 saturated heterocycles. The number of allylic oxidation sites excluding steroid dienone is 2. The summed E-state index contributed by atoms with van der Waals surface area (Å²) in [4.78, 5) is 39.1. The fourth-order valence-electron chi connectivity index (χ4n) is 3.39. The molecular weight excluding hydrogens is 386 g/mol. The number of fused-ring (bicyclic) bond motifs is 1. The van der Waals surface area contributed by atoms with Crippen molar-refractivity contribution in [2.75, 3.05) is 27.1 Å². The number of methoxy groups -OCH3 is 3. The summed E-state index contributed by atoms with van der Waals surface area (Å²) in [6.45, 7) is 0. The summed E-state index contributed by atoms with van der Waals surface area (Å²) in [6, 6.07) is -0.875. The van der Waals surface area contributed by atoms with E-state index in [1.165, 1.54) is 38.0 Å². The molecule has 0 aromatic rings. The summed E-state index contributed by atoms with van der Waals surface area (Å²) in [5.41, 5.74) is 4.49. The third kappa shape index (κ3) is 3.11. The first-order chi connectivity index (χ1) is 13.4. The van der Waals surface area contributed by atoms with Crippen molar-refractivity contribution in [2.45, 2.75) is 23.6 Å². The van der Waals surface area contributed by atoms with Crippen LogP contribution < -0.4 is 11.1 Å². The highest BCUT2D eigenvalue weighted by Crippen LogP contribution is 2.46. The number of nitrogens with two attached hydrogens (primary N) is 1. The van der Waals surface area contributed by atoms with Gasteiger partial charge in [0.05, 0.1) is 26.0 Å². The molecule has 28 heavy (non-hydrogen) atoms. The molecule has 3 atom stereocenters. The van der Waals surface area contributed by atoms with E-state index in [0.29, 0.717) is 11.5 Å². The molecular formula is C18H23N3O6S. The number of nitrogens with one attached hydrogen (secondary N) is 1. The van der Waals surface area contributed by atoms with Gasteiger partial charge >= 0.3 is 5.97 Å². The molecule has 3 aliphatic rings. The number of carbonyl (C=O) groups excluding carboxylic acids is 3. The van der Waals surface area contributed by atoms with Gasteiger partial charge in [-0.1, -0.05) is 24.3 Å². The van der Waals surface area contributed by atoms with Crippen molar-refractivity contribution < 1.29 is 28.6 Å². The number of thioether (sulfide) groups is 1. The van der Waals surface area contributed by atoms with E-state index in [0.717, 1.165) is 6.42 Å². The van der Waals surface area contributed by atoms with Crippen LogP contribution in [0.1, 0.15) is 6.42 Å². The second kappa shape index (κ2) is 7.98. The first kappa shape index (κ1) is 20.4. The van der Waals surface area contributed by atoms with E-state index in [1.54, 1.807) is 0 Å². The van der Waals surface area contributed by atoms with E-state index in [1.807, 2.05) is 24.3 Å². The maximum Gasteiger partial charge on any atom is 0.358 e. The quantitative estimate of drug-likeness (QED) is 0.269. The van der Waals surface area contributed by atoms with Crippen molar-refractivity contribution >= 4 is 29.5 Å². The van der Waals surface area contributed by atoms with Crippen LogP contribution in [-0.2, 0) is 28.6 Å². The minimum absolute atomic E-state index is 0.0168. The fraction of sp³-hybridized carbons (Fsp3) is 0.500. The molecule has 0 aromatic heterocycles. The van der Waals surface area contributed by atoms with E-state index in [-0.39, 0.29) is 11.6 Å². The Balaban J connectivity index is 1.83. The first-order valence-electron chi connectivity index (χ1n) is 8.68. The van der Waals surface area contributed by atoms with Crippen LogP contribution in [0.4, 0.5) is 0 Å². The van der Waals surface area contributed by atoms with Crippen molar-refractivity contribution in [3.63, 3.8) is 0 Å². The molecule has 2 unspecified atom stereocenters. The monoisotopic (exact) mass is 409 g/mol. The molecule has 2 amide bonds. The Kier molecular flexibility index (Phi) is 5.82. The molecule has 0 saturated carbocycles. The lowest BCUT2D eigenvalue weighted by molar-refractivity contribution is -0.193. The SMILES string of the molecule is COC(=O)C1=C(OC)CS[C@@H]2N1C(=O)C2(NC(=O)C(N)C1C=CCC=C1)OC. The molecule has 2 heterocycles. The highest BCUT2D eigenvalue weighted by Gasteiger charge is 2.67. The van der Waals surface area contributed by atoms with Gasteiger partial charge in [0.15, 0.2) is 5.70 Å². The largest absolute Gasteiger partial charge is 0.498 e. The fourth-order valence-corrected chi connectivity index (χ4v) is 4.79. The zero-order chi connectivity index (χ0) is 20.5. The molecule has 3 rings (SSSR count). The smallest absolute Gasteiger partial charge is 0.358 e. The average Bonchev–Trinajstić information content (AvgIpc) is 2.75. The predicted octanol–water partition coefficient (Wildman–Crippen LogP) is -0.149. The number of β-lactam (4-membered cyclic amide) rings is 1. The van der Waals surface area contributed by atoms with Gasteiger partial charge in [0.25, 0.3) is 11.6 Å². The van der Waals surface area contributed by atoms with Gasteiger partial charge in [-0.25, -0.2) is 4.79 Å². The third-order valence-corrected chi connectivity index (χ3v) is 6.25. The topological polar surface area (TPSA) is 120 Å². The molecule has 0 spiro atoms. The molecule has 0 bridgehead atoms. The van der Waals surface area contributed by atoms with Crippen molar-refractivity contribution in [1.82, 2.24) is 10.2 Å². The normalized spacial score (nSPS) is 27.8. The van der Waals surface area contributed by atoms with Crippen LogP contribution in [0, 0.1) is 5.92 Å². The number of hydrogen-bond donors (Lipinski definition) is 2. The molecule has 152 valence electrons. The third-order valence-electron chi connectivity index (χ3n) is 4.96. The van der Waals surface area contributed by atoms with Crippen molar-refractivity contribution in [2.24, 2.45) is 11.7 Å². The Morgan fingerprint density at radius 3 is 2.57 bits per heavy atom. The van der Waals surface area contributed by atoms with E-state index in [4.69, 9.17) is 19.9 Å². The lowest BCUT2D eigenvalue weighted by Crippen LogP contribution is -2.81. The van der Waals surface area contributed by atoms with Gasteiger partial charge in [-0.2, -0.15) is 0 Å². The van der Waals surface area contributed by atoms with Gasteiger partial charge < -0.3 is 25.3 Å². The highest BCUT2D eigenvalue weighted by molar-refractivity contribution is 8.00. The Labute approximate surface area is 166 Å². The van der Waals surface area contributed by atoms with Crippen molar-refractivity contribution in [1.29, 1.82) is 0 Å². The van der Waals surface area contributed by atoms with Crippen LogP contribution >= 0.6 is 11.8 Å². The zero-order valence-corrected chi connectivity index (χ0v) is 16.7. The average molecular weight is 409 g/mol. The Bertz CT molecular complexity index is 767. The van der Waals surface area contributed by atoms with Gasteiger partial charge in [0, 0.05) is 13.0 Å². The molecule has 3 N–H and O–H groups in total. The second-order valence-corrected chi connectivity index (χ2v) is 7.50. The predicted molar refractivity (Wildman–Crippen MR) is 101 cm³/mol. The van der Waals surface area contributed by atoms with Crippen LogP contribution in [0.3, 0.4) is 0 Å². The molecule has 1 aliphatic carbocycles. The molecule has 0 aromatic carbocycles. The van der Waals surface area contributed by atoms with Gasteiger partial charge in [-0.15, -0.1) is 11.8 Å². The number of rotatable bonds is 6. The Morgan fingerprint density at radius 2 is 2.00 bits per heavy atom. The summed E-state index contributed by atoms with van der Waals surface area (Å²) >= 11 is 1.31. The molecule has 1 fully saturated rings. The minimum atomic E-state index is -1.61. The second-order valence-electron chi connectivity index (χ2n) is 6.43. The summed E-state index contributed by atoms with van der Waals surface area (Å²) < 4.78 is 15.5. The highest BCUT2D eigenvalue weighted by atomic mass is 32.2. The Hall–Kier alpha value is -2.30. The summed E-state index contributed by atoms with van der Waals surface area (Å²) in [7, 11) is 3.97. The number of carbonyl (C=O) groups is 3. The zero-order valence-electron chi connectivity index (χ0n) is 15.8. The van der Waals surface area contributed by atoms with E-state index in [9.17, 15) is 14.4 Å². The standard InChI is InChI=1S/C18H23N3O6S/c1-25-11-9-28-17-18(27-3,16(24)21(17)13(11)15(23)26-2)20-14(22)12(19)10-7-5-4-6-8-10/h5-8,10,12,17H,4,9,19H2,1-3H3,(H,20,22)/t12?,17-,18?/m0/s1. The Morgan fingerprint density at radius 1 is 1.32 bits per heavy atom. The first-order valence-corrected chi connectivity index (χ1v) is 9.73. The molecule has 2 aliphatic heterocycles. The maximum atomic E-state index is 13.0. The summed E-state index contributed by atoms with van der Waals surface area (Å²) in [6.07, 6.45) is 8.37. The van der Waals surface area contributed by atoms with E-state index >= 15 is 0 Å². The number of amides is 2. The lowest BCUT2D eigenvalue weighted by atomic mass is 9.93. The lowest BCUT2D eigenvalue weighted by Gasteiger charge is -2.55. The van der Waals surface area contributed by atoms with Gasteiger partial charge in [0.2, 0.25) is 5.91 Å². The van der Waals surface area contributed by atoms with Crippen LogP contribution in [0.25, 0.3) is 0 Å². The van der Waals surface area contributed by atoms with Crippen LogP contribution in [-0.4, -0.2) is 66.9 Å². The maximum absolute atomic E-state index is 13.0. The number of nitrogens with zero attached hydrogens (tertiary/aromatic N) is 1. The van der Waals surface area contributed by atoms with Crippen LogP contribution in [0.2, 0.25) is 0 Å². The van der Waals surface area contributed by atoms with Crippen molar-refractivity contribution in [3.8, 4) is 0 Å². The minimum Gasteiger partial charge on any atom is -0.498 e. The molecule has 9 nitrogen and oxygen atoms in total. The van der Waals surface area contributed by atoms with Gasteiger partial charge in [-0.3, -0.25) is 14.5 Å². The summed E-state index contributed by atoms with van der Waals surface area (Å²) in [5, 5.41) is 2.01. The summed E-state index contributed by atoms with van der Waals surface area (Å²) in [5.74, 6) is -1.42. The molecule has 0 radical (unpaired) electrons. The van der Waals surface area contributed by atoms with Crippen LogP contribution in [0.15, 0.2) is 35.8 Å². The van der Waals surface area contributed by atoms with E-state index < -0.39 is 34.9 Å². The van der Waals surface area contributed by atoms with Gasteiger partial charge in [0.1, 0.15) is 11.1 Å². The van der Waals surface area contributed by atoms with E-state index in [2.05, 4.69) is 5.32 Å². The van der Waals surface area contributed by atoms with Crippen molar-refractivity contribution in [3.05, 3.63) is 35.8 Å². The number of esters is 1. The number of hydrogen-bond acceptors (Lipinski definition) is 8.